The van der Waals surface area contributed by atoms with Crippen LogP contribution in [0.3, 0.4) is 0 Å². The zero-order valence-electron chi connectivity index (χ0n) is 16.0. The molecule has 2 heterocycles. The molecule has 0 unspecified atom stereocenters. The van der Waals surface area contributed by atoms with Gasteiger partial charge in [0.15, 0.2) is 17.3 Å². The molecule has 0 spiro atoms. The van der Waals surface area contributed by atoms with Crippen LogP contribution >= 0.6 is 0 Å². The number of benzene rings is 1. The van der Waals surface area contributed by atoms with Gasteiger partial charge in [0.25, 0.3) is 0 Å². The molecule has 0 radical (unpaired) electrons. The summed E-state index contributed by atoms with van der Waals surface area (Å²) in [6, 6.07) is 2.03. The Kier molecular flexibility index (Phi) is 5.73. The molecular weight excluding hydrogens is 290 g/mol. The van der Waals surface area contributed by atoms with Crippen molar-refractivity contribution >= 4 is 11.5 Å². The summed E-state index contributed by atoms with van der Waals surface area (Å²) in [5.41, 5.74) is 1.75. The second-order valence-electron chi connectivity index (χ2n) is 6.38. The topological polar surface area (TPSA) is 47.6 Å². The van der Waals surface area contributed by atoms with Crippen LogP contribution in [0.15, 0.2) is 6.07 Å². The lowest BCUT2D eigenvalue weighted by atomic mass is 9.69. The Morgan fingerprint density at radius 2 is 1.52 bits per heavy atom. The molecule has 130 valence electrons. The van der Waals surface area contributed by atoms with Crippen molar-refractivity contribution in [3.63, 3.8) is 0 Å². The van der Waals surface area contributed by atoms with E-state index in [2.05, 4.69) is 5.32 Å². The number of anilines is 1. The van der Waals surface area contributed by atoms with Gasteiger partial charge < -0.3 is 14.8 Å². The van der Waals surface area contributed by atoms with E-state index in [1.54, 1.807) is 0 Å². The maximum Gasteiger partial charge on any atom is 0.231 e. The van der Waals surface area contributed by atoms with E-state index >= 15 is 0 Å². The molecule has 3 rings (SSSR count). The molecule has 4 nitrogen and oxygen atoms in total. The van der Waals surface area contributed by atoms with Crippen molar-refractivity contribution in [1.29, 1.82) is 0 Å². The van der Waals surface area contributed by atoms with Crippen molar-refractivity contribution in [2.24, 2.45) is 0 Å². The molecule has 0 saturated heterocycles. The first kappa shape index (κ1) is 19.3. The zero-order chi connectivity index (χ0) is 18.0. The first-order chi connectivity index (χ1) is 10.7. The molecule has 0 atom stereocenters. The molecule has 1 N–H and O–H groups in total. The monoisotopic (exact) mass is 321 g/mol. The van der Waals surface area contributed by atoms with Crippen molar-refractivity contribution < 1.29 is 14.3 Å². The number of ether oxygens (including phenoxy) is 2. The summed E-state index contributed by atoms with van der Waals surface area (Å²) in [5, 5.41) is 3.31. The number of fused-ring (bicyclic) bond motifs is 3. The largest absolute Gasteiger partial charge is 0.453 e. The number of rotatable bonds is 0. The van der Waals surface area contributed by atoms with Gasteiger partial charge in [0, 0.05) is 0 Å². The summed E-state index contributed by atoms with van der Waals surface area (Å²) in [7, 11) is 0. The Labute approximate surface area is 140 Å². The number of carbonyl (C=O) groups excluding carboxylic acids is 1. The smallest absolute Gasteiger partial charge is 0.231 e. The van der Waals surface area contributed by atoms with E-state index in [4.69, 9.17) is 9.47 Å². The standard InChI is InChI=1S/C15H19NO3.2C2H6/c1-8-6-9-10(12-11(8)18-7-19-12)16-15(4,5)13(17)14(9,2)3;2*1-2/h6,16H,7H2,1-5H3;2*1-2H3. The van der Waals surface area contributed by atoms with Crippen LogP contribution in [0.1, 0.15) is 66.5 Å². The predicted octanol–water partition coefficient (Wildman–Crippen LogP) is 4.83. The highest BCUT2D eigenvalue weighted by Crippen LogP contribution is 2.51. The number of carbonyl (C=O) groups is 1. The highest BCUT2D eigenvalue weighted by molar-refractivity contribution is 6.03. The molecule has 4 heteroatoms. The number of hydrogen-bond donors (Lipinski definition) is 1. The fraction of sp³-hybridized carbons (Fsp3) is 0.632. The minimum atomic E-state index is -0.606. The quantitative estimate of drug-likeness (QED) is 0.743. The normalized spacial score (nSPS) is 18.6. The van der Waals surface area contributed by atoms with Gasteiger partial charge in [-0.2, -0.15) is 0 Å². The summed E-state index contributed by atoms with van der Waals surface area (Å²) in [4.78, 5) is 12.6. The van der Waals surface area contributed by atoms with E-state index in [0.29, 0.717) is 0 Å². The average molecular weight is 321 g/mol. The number of hydrogen-bond acceptors (Lipinski definition) is 4. The van der Waals surface area contributed by atoms with Crippen LogP contribution in [-0.2, 0) is 10.2 Å². The van der Waals surface area contributed by atoms with E-state index in [1.807, 2.05) is 68.4 Å². The van der Waals surface area contributed by atoms with Crippen LogP contribution in [0, 0.1) is 6.92 Å². The summed E-state index contributed by atoms with van der Waals surface area (Å²) < 4.78 is 11.1. The molecule has 0 aliphatic carbocycles. The third-order valence-electron chi connectivity index (χ3n) is 4.07. The van der Waals surface area contributed by atoms with Crippen molar-refractivity contribution in [1.82, 2.24) is 0 Å². The summed E-state index contributed by atoms with van der Waals surface area (Å²) in [5.74, 6) is 1.71. The molecule has 1 aromatic rings. The molecular formula is C19H31NO3. The Balaban J connectivity index is 0.000000615. The third kappa shape index (κ3) is 3.04. The van der Waals surface area contributed by atoms with Gasteiger partial charge in [-0.05, 0) is 51.8 Å². The Morgan fingerprint density at radius 3 is 2.09 bits per heavy atom. The Bertz CT molecular complexity index is 589. The van der Waals surface area contributed by atoms with Crippen LogP contribution < -0.4 is 14.8 Å². The van der Waals surface area contributed by atoms with Gasteiger partial charge in [0.05, 0.1) is 16.6 Å². The molecule has 2 aliphatic heterocycles. The number of aryl methyl sites for hydroxylation is 1. The highest BCUT2D eigenvalue weighted by atomic mass is 16.7. The highest BCUT2D eigenvalue weighted by Gasteiger charge is 2.48. The number of Topliss-reactive ketones (excluding diaryl/α,β-unsaturated/α-hetero) is 1. The molecule has 2 aliphatic rings. The second-order valence-corrected chi connectivity index (χ2v) is 6.38. The predicted molar refractivity (Wildman–Crippen MR) is 95.7 cm³/mol. The molecule has 1 aromatic carbocycles. The summed E-state index contributed by atoms with van der Waals surface area (Å²) in [6.45, 7) is 18.0. The average Bonchev–Trinajstić information content (AvgIpc) is 3.02. The van der Waals surface area contributed by atoms with E-state index in [-0.39, 0.29) is 12.6 Å². The SMILES string of the molecule is CC.CC.Cc1cc2c(c3c1OCO3)NC(C)(C)C(=O)C2(C)C. The van der Waals surface area contributed by atoms with Gasteiger partial charge in [-0.3, -0.25) is 4.79 Å². The first-order valence-electron chi connectivity index (χ1n) is 8.52. The molecule has 0 fully saturated rings. The van der Waals surface area contributed by atoms with E-state index < -0.39 is 11.0 Å². The Morgan fingerprint density at radius 1 is 1.00 bits per heavy atom. The minimum absolute atomic E-state index is 0.186. The third-order valence-corrected chi connectivity index (χ3v) is 4.07. The molecule has 0 bridgehead atoms. The number of ketones is 1. The molecule has 0 aromatic heterocycles. The minimum Gasteiger partial charge on any atom is -0.453 e. The van der Waals surface area contributed by atoms with Gasteiger partial charge in [-0.1, -0.05) is 27.7 Å². The van der Waals surface area contributed by atoms with Crippen molar-refractivity contribution in [2.75, 3.05) is 12.1 Å². The molecule has 0 amide bonds. The van der Waals surface area contributed by atoms with Crippen LogP contribution in [0.2, 0.25) is 0 Å². The maximum absolute atomic E-state index is 12.6. The summed E-state index contributed by atoms with van der Waals surface area (Å²) in [6.07, 6.45) is 0. The zero-order valence-corrected chi connectivity index (χ0v) is 16.0. The van der Waals surface area contributed by atoms with Crippen LogP contribution in [0.25, 0.3) is 0 Å². The van der Waals surface area contributed by atoms with Crippen LogP contribution in [-0.4, -0.2) is 18.1 Å². The second kappa shape index (κ2) is 6.81. The van der Waals surface area contributed by atoms with Crippen LogP contribution in [0.5, 0.6) is 11.5 Å². The van der Waals surface area contributed by atoms with E-state index in [0.717, 1.165) is 28.3 Å². The fourth-order valence-electron chi connectivity index (χ4n) is 3.12. The fourth-order valence-corrected chi connectivity index (χ4v) is 3.12. The molecule has 23 heavy (non-hydrogen) atoms. The lowest BCUT2D eigenvalue weighted by Gasteiger charge is -2.42. The maximum atomic E-state index is 12.6. The Hall–Kier alpha value is -1.71. The van der Waals surface area contributed by atoms with Gasteiger partial charge in [-0.15, -0.1) is 0 Å². The van der Waals surface area contributed by atoms with E-state index in [1.165, 1.54) is 0 Å². The van der Waals surface area contributed by atoms with E-state index in [9.17, 15) is 4.79 Å². The lowest BCUT2D eigenvalue weighted by Crippen LogP contribution is -2.53. The first-order valence-corrected chi connectivity index (χ1v) is 8.52. The number of nitrogens with one attached hydrogen (secondary N) is 1. The van der Waals surface area contributed by atoms with Gasteiger partial charge >= 0.3 is 0 Å². The van der Waals surface area contributed by atoms with Gasteiger partial charge in [0.2, 0.25) is 6.79 Å². The van der Waals surface area contributed by atoms with Gasteiger partial charge in [0.1, 0.15) is 0 Å². The van der Waals surface area contributed by atoms with Crippen LogP contribution in [0.4, 0.5) is 5.69 Å². The van der Waals surface area contributed by atoms with Crippen molar-refractivity contribution in [2.45, 2.75) is 73.3 Å². The van der Waals surface area contributed by atoms with Gasteiger partial charge in [-0.25, -0.2) is 0 Å². The van der Waals surface area contributed by atoms with Crippen molar-refractivity contribution in [3.05, 3.63) is 17.2 Å². The van der Waals surface area contributed by atoms with Crippen molar-refractivity contribution in [3.8, 4) is 11.5 Å². The molecule has 0 saturated carbocycles. The lowest BCUT2D eigenvalue weighted by molar-refractivity contribution is -0.127. The summed E-state index contributed by atoms with van der Waals surface area (Å²) >= 11 is 0.